The third-order valence-corrected chi connectivity index (χ3v) is 3.66. The monoisotopic (exact) mass is 277 g/mol. The van der Waals surface area contributed by atoms with Crippen molar-refractivity contribution in [2.45, 2.75) is 38.6 Å². The molecule has 0 saturated carbocycles. The second-order valence-electron chi connectivity index (χ2n) is 5.16. The third-order valence-electron chi connectivity index (χ3n) is 3.66. The van der Waals surface area contributed by atoms with Gasteiger partial charge in [-0.1, -0.05) is 19.1 Å². The van der Waals surface area contributed by atoms with E-state index in [4.69, 9.17) is 9.15 Å². The summed E-state index contributed by atoms with van der Waals surface area (Å²) in [7, 11) is 1.63. The first-order valence-electron chi connectivity index (χ1n) is 7.27. The molecule has 1 heterocycles. The summed E-state index contributed by atoms with van der Waals surface area (Å²) in [5.41, 5.74) is 0. The predicted molar refractivity (Wildman–Crippen MR) is 77.3 cm³/mol. The van der Waals surface area contributed by atoms with Crippen LogP contribution >= 0.6 is 0 Å². The zero-order valence-electron chi connectivity index (χ0n) is 12.2. The molecule has 0 aromatic carbocycles. The standard InChI is InChI=1S/C16H23NO3/c1-3-13-9-10-15(20-13)14(11-19-2)17-16(18)12-7-5-4-6-8-12/h4-5,9-10,12,14H,3,6-8,11H2,1-2H3,(H,17,18)/t12-,14-/m0/s1. The normalized spacial score (nSPS) is 19.8. The molecule has 1 aliphatic carbocycles. The molecule has 0 unspecified atom stereocenters. The number of ether oxygens (including phenoxy) is 1. The van der Waals surface area contributed by atoms with Gasteiger partial charge in [0.05, 0.1) is 6.61 Å². The molecule has 20 heavy (non-hydrogen) atoms. The maximum Gasteiger partial charge on any atom is 0.224 e. The highest BCUT2D eigenvalue weighted by atomic mass is 16.5. The molecule has 1 aromatic heterocycles. The van der Waals surface area contributed by atoms with Gasteiger partial charge >= 0.3 is 0 Å². The van der Waals surface area contributed by atoms with Gasteiger partial charge in [-0.15, -0.1) is 0 Å². The molecular formula is C16H23NO3. The molecule has 4 heteroatoms. The van der Waals surface area contributed by atoms with Crippen LogP contribution in [-0.2, 0) is 16.0 Å². The van der Waals surface area contributed by atoms with Gasteiger partial charge in [0.25, 0.3) is 0 Å². The number of allylic oxidation sites excluding steroid dienone is 2. The molecule has 0 radical (unpaired) electrons. The van der Waals surface area contributed by atoms with Crippen LogP contribution in [0.3, 0.4) is 0 Å². The number of nitrogens with one attached hydrogen (secondary N) is 1. The molecule has 1 N–H and O–H groups in total. The third kappa shape index (κ3) is 3.73. The first kappa shape index (κ1) is 14.9. The molecule has 2 atom stereocenters. The SMILES string of the molecule is CCc1ccc([C@H](COC)NC(=O)[C@H]2CC=CCC2)o1. The van der Waals surface area contributed by atoms with E-state index < -0.39 is 0 Å². The predicted octanol–water partition coefficient (Wildman–Crippen LogP) is 3.00. The van der Waals surface area contributed by atoms with Crippen molar-refractivity contribution in [1.29, 1.82) is 0 Å². The number of carbonyl (C=O) groups is 1. The summed E-state index contributed by atoms with van der Waals surface area (Å²) in [6, 6.07) is 3.66. The maximum atomic E-state index is 12.3. The number of aryl methyl sites for hydroxylation is 1. The number of carbonyl (C=O) groups excluding carboxylic acids is 1. The van der Waals surface area contributed by atoms with Crippen LogP contribution in [0.1, 0.15) is 43.7 Å². The Morgan fingerprint density at radius 2 is 2.35 bits per heavy atom. The number of furan rings is 1. The molecule has 1 aromatic rings. The van der Waals surface area contributed by atoms with Crippen molar-refractivity contribution < 1.29 is 13.9 Å². The van der Waals surface area contributed by atoms with Crippen LogP contribution in [-0.4, -0.2) is 19.6 Å². The maximum absolute atomic E-state index is 12.3. The Hall–Kier alpha value is -1.55. The van der Waals surface area contributed by atoms with Crippen molar-refractivity contribution >= 4 is 5.91 Å². The fraction of sp³-hybridized carbons (Fsp3) is 0.562. The van der Waals surface area contributed by atoms with E-state index >= 15 is 0 Å². The summed E-state index contributed by atoms with van der Waals surface area (Å²) in [6.45, 7) is 2.46. The van der Waals surface area contributed by atoms with Crippen LogP contribution in [0, 0.1) is 5.92 Å². The quantitative estimate of drug-likeness (QED) is 0.813. The summed E-state index contributed by atoms with van der Waals surface area (Å²) < 4.78 is 10.9. The molecule has 110 valence electrons. The summed E-state index contributed by atoms with van der Waals surface area (Å²) >= 11 is 0. The lowest BCUT2D eigenvalue weighted by Crippen LogP contribution is -2.36. The van der Waals surface area contributed by atoms with E-state index in [2.05, 4.69) is 17.5 Å². The highest BCUT2D eigenvalue weighted by Gasteiger charge is 2.24. The van der Waals surface area contributed by atoms with Gasteiger partial charge in [0.2, 0.25) is 5.91 Å². The molecule has 0 saturated heterocycles. The lowest BCUT2D eigenvalue weighted by atomic mass is 9.93. The largest absolute Gasteiger partial charge is 0.464 e. The van der Waals surface area contributed by atoms with Crippen molar-refractivity contribution in [2.75, 3.05) is 13.7 Å². The van der Waals surface area contributed by atoms with E-state index in [9.17, 15) is 4.79 Å². The van der Waals surface area contributed by atoms with E-state index in [0.29, 0.717) is 6.61 Å². The zero-order chi connectivity index (χ0) is 14.4. The second kappa shape index (κ2) is 7.29. The summed E-state index contributed by atoms with van der Waals surface area (Å²) in [5.74, 6) is 1.85. The fourth-order valence-electron chi connectivity index (χ4n) is 2.45. The smallest absolute Gasteiger partial charge is 0.224 e. The topological polar surface area (TPSA) is 51.5 Å². The highest BCUT2D eigenvalue weighted by Crippen LogP contribution is 2.22. The number of hydrogen-bond acceptors (Lipinski definition) is 3. The number of rotatable bonds is 6. The molecule has 0 aliphatic heterocycles. The van der Waals surface area contributed by atoms with Crippen LogP contribution < -0.4 is 5.32 Å². The van der Waals surface area contributed by atoms with Crippen LogP contribution in [0.15, 0.2) is 28.7 Å². The van der Waals surface area contributed by atoms with Crippen molar-refractivity contribution in [3.05, 3.63) is 35.8 Å². The molecule has 0 bridgehead atoms. The first-order chi connectivity index (χ1) is 9.74. The van der Waals surface area contributed by atoms with E-state index in [1.54, 1.807) is 7.11 Å². The fourth-order valence-corrected chi connectivity index (χ4v) is 2.45. The van der Waals surface area contributed by atoms with Crippen LogP contribution in [0.5, 0.6) is 0 Å². The summed E-state index contributed by atoms with van der Waals surface area (Å²) in [4.78, 5) is 12.3. The van der Waals surface area contributed by atoms with Crippen molar-refractivity contribution in [3.8, 4) is 0 Å². The van der Waals surface area contributed by atoms with E-state index in [1.807, 2.05) is 19.1 Å². The molecule has 1 amide bonds. The van der Waals surface area contributed by atoms with Gasteiger partial charge in [-0.3, -0.25) is 4.79 Å². The lowest BCUT2D eigenvalue weighted by Gasteiger charge is -2.21. The van der Waals surface area contributed by atoms with Crippen molar-refractivity contribution in [2.24, 2.45) is 5.92 Å². The number of methoxy groups -OCH3 is 1. The number of amides is 1. The number of hydrogen-bond donors (Lipinski definition) is 1. The molecule has 1 aliphatic rings. The molecule has 4 nitrogen and oxygen atoms in total. The summed E-state index contributed by atoms with van der Waals surface area (Å²) in [6.07, 6.45) is 7.79. The zero-order valence-corrected chi connectivity index (χ0v) is 12.2. The van der Waals surface area contributed by atoms with Gasteiger partial charge in [-0.25, -0.2) is 0 Å². The minimum atomic E-state index is -0.210. The lowest BCUT2D eigenvalue weighted by molar-refractivity contribution is -0.126. The van der Waals surface area contributed by atoms with E-state index in [0.717, 1.165) is 37.2 Å². The van der Waals surface area contributed by atoms with Gasteiger partial charge in [0.15, 0.2) is 0 Å². The Bertz CT molecular complexity index is 464. The Morgan fingerprint density at radius 1 is 1.50 bits per heavy atom. The van der Waals surface area contributed by atoms with Gasteiger partial charge in [-0.05, 0) is 31.4 Å². The Labute approximate surface area is 120 Å². The first-order valence-corrected chi connectivity index (χ1v) is 7.27. The van der Waals surface area contributed by atoms with Crippen molar-refractivity contribution in [1.82, 2.24) is 5.32 Å². The molecule has 2 rings (SSSR count). The van der Waals surface area contributed by atoms with Crippen LogP contribution in [0.4, 0.5) is 0 Å². The highest BCUT2D eigenvalue weighted by molar-refractivity contribution is 5.79. The van der Waals surface area contributed by atoms with Crippen LogP contribution in [0.25, 0.3) is 0 Å². The minimum absolute atomic E-state index is 0.0694. The van der Waals surface area contributed by atoms with Crippen molar-refractivity contribution in [3.63, 3.8) is 0 Å². The van der Waals surface area contributed by atoms with E-state index in [1.165, 1.54) is 0 Å². The van der Waals surface area contributed by atoms with Crippen LogP contribution in [0.2, 0.25) is 0 Å². The van der Waals surface area contributed by atoms with Gasteiger partial charge in [0, 0.05) is 19.4 Å². The molecule has 0 fully saturated rings. The minimum Gasteiger partial charge on any atom is -0.464 e. The Balaban J connectivity index is 2.01. The summed E-state index contributed by atoms with van der Waals surface area (Å²) in [5, 5.41) is 3.05. The average Bonchev–Trinajstić information content (AvgIpc) is 2.96. The molecular weight excluding hydrogens is 254 g/mol. The average molecular weight is 277 g/mol. The second-order valence-corrected chi connectivity index (χ2v) is 5.16. The molecule has 0 spiro atoms. The van der Waals surface area contributed by atoms with Gasteiger partial charge in [0.1, 0.15) is 17.6 Å². The Morgan fingerprint density at radius 3 is 2.95 bits per heavy atom. The van der Waals surface area contributed by atoms with Gasteiger partial charge in [-0.2, -0.15) is 0 Å². The van der Waals surface area contributed by atoms with E-state index in [-0.39, 0.29) is 17.9 Å². The Kier molecular flexibility index (Phi) is 5.41. The van der Waals surface area contributed by atoms with Gasteiger partial charge < -0.3 is 14.5 Å².